The van der Waals surface area contributed by atoms with Gasteiger partial charge in [-0.25, -0.2) is 4.98 Å². The molecule has 2 heterocycles. The zero-order valence-electron chi connectivity index (χ0n) is 10.8. The molecule has 19 heavy (non-hydrogen) atoms. The van der Waals surface area contributed by atoms with Crippen LogP contribution in [0.25, 0.3) is 11.0 Å². The summed E-state index contributed by atoms with van der Waals surface area (Å²) >= 11 is 12.5. The highest BCUT2D eigenvalue weighted by Crippen LogP contribution is 2.30. The van der Waals surface area contributed by atoms with Gasteiger partial charge in [-0.3, -0.25) is 0 Å². The number of aromatic nitrogens is 2. The molecular weight excluding hydrogens is 283 g/mol. The lowest BCUT2D eigenvalue weighted by molar-refractivity contribution is 0.0972. The Kier molecular flexibility index (Phi) is 3.70. The van der Waals surface area contributed by atoms with Crippen LogP contribution in [0.1, 0.15) is 31.0 Å². The molecule has 1 aromatic heterocycles. The molecule has 102 valence electrons. The van der Waals surface area contributed by atoms with E-state index in [0.29, 0.717) is 5.02 Å². The molecule has 0 bridgehead atoms. The van der Waals surface area contributed by atoms with Gasteiger partial charge in [-0.1, -0.05) is 17.7 Å². The molecule has 1 saturated heterocycles. The third kappa shape index (κ3) is 2.47. The Morgan fingerprint density at radius 3 is 3.05 bits per heavy atom. The summed E-state index contributed by atoms with van der Waals surface area (Å²) in [5.74, 6) is 0.861. The highest BCUT2D eigenvalue weighted by Gasteiger charge is 2.22. The predicted octanol–water partition coefficient (Wildman–Crippen LogP) is 4.17. The van der Waals surface area contributed by atoms with E-state index in [9.17, 15) is 0 Å². The summed E-state index contributed by atoms with van der Waals surface area (Å²) in [4.78, 5) is 4.60. The van der Waals surface area contributed by atoms with Gasteiger partial charge < -0.3 is 9.30 Å². The van der Waals surface area contributed by atoms with E-state index in [1.807, 2.05) is 25.1 Å². The second kappa shape index (κ2) is 5.31. The molecule has 3 nitrogen and oxygen atoms in total. The number of benzene rings is 1. The molecule has 0 saturated carbocycles. The smallest absolute Gasteiger partial charge is 0.127 e. The molecule has 3 rings (SSSR count). The molecule has 2 aromatic rings. The van der Waals surface area contributed by atoms with Crippen molar-refractivity contribution < 1.29 is 4.74 Å². The molecule has 5 heteroatoms. The number of hydrogen-bond acceptors (Lipinski definition) is 2. The van der Waals surface area contributed by atoms with E-state index in [4.69, 9.17) is 27.9 Å². The van der Waals surface area contributed by atoms with Crippen molar-refractivity contribution in [3.63, 3.8) is 0 Å². The van der Waals surface area contributed by atoms with Crippen molar-refractivity contribution in [2.45, 2.75) is 37.8 Å². The standard InChI is InChI=1S/C14H16Cl2N2O/c1-9(15)14-17-13-11(16)5-2-6-12(13)18(14)8-10-4-3-7-19-10/h2,5-6,9-10H,3-4,7-8H2,1H3. The first-order valence-corrected chi connectivity index (χ1v) is 7.38. The van der Waals surface area contributed by atoms with Gasteiger partial charge in [0.15, 0.2) is 0 Å². The fourth-order valence-electron chi connectivity index (χ4n) is 2.62. The molecule has 0 radical (unpaired) electrons. The van der Waals surface area contributed by atoms with Crippen molar-refractivity contribution in [2.75, 3.05) is 6.61 Å². The quantitative estimate of drug-likeness (QED) is 0.795. The van der Waals surface area contributed by atoms with Gasteiger partial charge in [-0.05, 0) is 31.9 Å². The van der Waals surface area contributed by atoms with Crippen molar-refractivity contribution >= 4 is 34.2 Å². The average Bonchev–Trinajstić information content (AvgIpc) is 2.99. The first-order chi connectivity index (χ1) is 9.16. The van der Waals surface area contributed by atoms with E-state index in [1.54, 1.807) is 0 Å². The maximum Gasteiger partial charge on any atom is 0.127 e. The Morgan fingerprint density at radius 1 is 1.53 bits per heavy atom. The van der Waals surface area contributed by atoms with E-state index in [1.165, 1.54) is 0 Å². The predicted molar refractivity (Wildman–Crippen MR) is 78.0 cm³/mol. The van der Waals surface area contributed by atoms with Crippen molar-refractivity contribution in [1.82, 2.24) is 9.55 Å². The molecule has 0 spiro atoms. The summed E-state index contributed by atoms with van der Waals surface area (Å²) in [5.41, 5.74) is 1.86. The maximum absolute atomic E-state index is 6.25. The van der Waals surface area contributed by atoms with Gasteiger partial charge >= 0.3 is 0 Å². The van der Waals surface area contributed by atoms with Crippen molar-refractivity contribution in [2.24, 2.45) is 0 Å². The monoisotopic (exact) mass is 298 g/mol. The number of imidazole rings is 1. The number of alkyl halides is 1. The van der Waals surface area contributed by atoms with Gasteiger partial charge in [-0.15, -0.1) is 11.6 Å². The molecule has 2 unspecified atom stereocenters. The van der Waals surface area contributed by atoms with Crippen molar-refractivity contribution in [1.29, 1.82) is 0 Å². The SMILES string of the molecule is CC(Cl)c1nc2c(Cl)cccc2n1CC1CCCO1. The first kappa shape index (κ1) is 13.2. The molecule has 0 amide bonds. The van der Waals surface area contributed by atoms with Crippen LogP contribution in [0.2, 0.25) is 5.02 Å². The van der Waals surface area contributed by atoms with Gasteiger partial charge in [0.1, 0.15) is 11.3 Å². The van der Waals surface area contributed by atoms with Gasteiger partial charge in [0.05, 0.1) is 28.6 Å². The van der Waals surface area contributed by atoms with Crippen LogP contribution in [0.3, 0.4) is 0 Å². The third-order valence-corrected chi connectivity index (χ3v) is 4.03. The number of para-hydroxylation sites is 1. The summed E-state index contributed by atoms with van der Waals surface area (Å²) in [6.45, 7) is 3.58. The lowest BCUT2D eigenvalue weighted by atomic mass is 10.2. The molecule has 1 aliphatic heterocycles. The van der Waals surface area contributed by atoms with E-state index >= 15 is 0 Å². The number of ether oxygens (including phenoxy) is 1. The van der Waals surface area contributed by atoms with Gasteiger partial charge in [0, 0.05) is 6.61 Å². The van der Waals surface area contributed by atoms with E-state index < -0.39 is 0 Å². The minimum Gasteiger partial charge on any atom is -0.376 e. The molecule has 0 N–H and O–H groups in total. The molecular formula is C14H16Cl2N2O. The minimum atomic E-state index is -0.148. The highest BCUT2D eigenvalue weighted by atomic mass is 35.5. The van der Waals surface area contributed by atoms with Crippen LogP contribution < -0.4 is 0 Å². The Labute approximate surface area is 122 Å². The second-order valence-electron chi connectivity index (χ2n) is 4.94. The lowest BCUT2D eigenvalue weighted by Crippen LogP contribution is -2.17. The zero-order chi connectivity index (χ0) is 13.4. The van der Waals surface area contributed by atoms with Gasteiger partial charge in [-0.2, -0.15) is 0 Å². The Balaban J connectivity index is 2.08. The Bertz CT molecular complexity index is 588. The van der Waals surface area contributed by atoms with E-state index in [-0.39, 0.29) is 11.5 Å². The topological polar surface area (TPSA) is 27.1 Å². The van der Waals surface area contributed by atoms with Crippen molar-refractivity contribution in [3.05, 3.63) is 29.0 Å². The fraction of sp³-hybridized carbons (Fsp3) is 0.500. The second-order valence-corrected chi connectivity index (χ2v) is 6.00. The number of fused-ring (bicyclic) bond motifs is 1. The molecule has 1 fully saturated rings. The number of rotatable bonds is 3. The Hall–Kier alpha value is -0.770. The highest BCUT2D eigenvalue weighted by molar-refractivity contribution is 6.35. The van der Waals surface area contributed by atoms with Crippen LogP contribution in [0, 0.1) is 0 Å². The van der Waals surface area contributed by atoms with Gasteiger partial charge in [0.25, 0.3) is 0 Å². The molecule has 2 atom stereocenters. The molecule has 1 aromatic carbocycles. The summed E-state index contributed by atoms with van der Waals surface area (Å²) in [7, 11) is 0. The van der Waals surface area contributed by atoms with Crippen LogP contribution in [-0.2, 0) is 11.3 Å². The number of hydrogen-bond donors (Lipinski definition) is 0. The molecule has 0 aliphatic carbocycles. The maximum atomic E-state index is 6.25. The van der Waals surface area contributed by atoms with E-state index in [0.717, 1.165) is 42.9 Å². The minimum absolute atomic E-state index is 0.148. The Morgan fingerprint density at radius 2 is 2.37 bits per heavy atom. The number of nitrogens with zero attached hydrogens (tertiary/aromatic N) is 2. The normalized spacial score (nSPS) is 21.1. The van der Waals surface area contributed by atoms with Crippen LogP contribution >= 0.6 is 23.2 Å². The number of halogens is 2. The van der Waals surface area contributed by atoms with Gasteiger partial charge in [0.2, 0.25) is 0 Å². The summed E-state index contributed by atoms with van der Waals surface area (Å²) in [5, 5.41) is 0.520. The van der Waals surface area contributed by atoms with Crippen LogP contribution in [-0.4, -0.2) is 22.3 Å². The summed E-state index contributed by atoms with van der Waals surface area (Å²) in [6.07, 6.45) is 2.48. The van der Waals surface area contributed by atoms with Crippen LogP contribution in [0.5, 0.6) is 0 Å². The lowest BCUT2D eigenvalue weighted by Gasteiger charge is -2.15. The zero-order valence-corrected chi connectivity index (χ0v) is 12.3. The third-order valence-electron chi connectivity index (χ3n) is 3.53. The summed E-state index contributed by atoms with van der Waals surface area (Å²) in [6, 6.07) is 5.84. The summed E-state index contributed by atoms with van der Waals surface area (Å²) < 4.78 is 7.86. The first-order valence-electron chi connectivity index (χ1n) is 6.57. The van der Waals surface area contributed by atoms with Crippen LogP contribution in [0.15, 0.2) is 18.2 Å². The largest absolute Gasteiger partial charge is 0.376 e. The average molecular weight is 299 g/mol. The fourth-order valence-corrected chi connectivity index (χ4v) is 3.00. The molecule has 1 aliphatic rings. The van der Waals surface area contributed by atoms with Crippen molar-refractivity contribution in [3.8, 4) is 0 Å². The van der Waals surface area contributed by atoms with E-state index in [2.05, 4.69) is 9.55 Å². The van der Waals surface area contributed by atoms with Crippen LogP contribution in [0.4, 0.5) is 0 Å².